The molecule has 1 atom stereocenters. The molecule has 6 nitrogen and oxygen atoms in total. The Morgan fingerprint density at radius 1 is 1.17 bits per heavy atom. The molecule has 0 saturated heterocycles. The van der Waals surface area contributed by atoms with Gasteiger partial charge in [-0.25, -0.2) is 0 Å². The lowest BCUT2D eigenvalue weighted by Gasteiger charge is -2.14. The summed E-state index contributed by atoms with van der Waals surface area (Å²) < 4.78 is 5.49. The van der Waals surface area contributed by atoms with Gasteiger partial charge in [0.05, 0.1) is 6.10 Å². The molecule has 7 heteroatoms. The highest BCUT2D eigenvalue weighted by Crippen LogP contribution is 2.13. The zero-order valence-electron chi connectivity index (χ0n) is 11.5. The van der Waals surface area contributed by atoms with Crippen molar-refractivity contribution < 1.29 is 4.74 Å². The zero-order chi connectivity index (χ0) is 13.5. The van der Waals surface area contributed by atoms with Gasteiger partial charge in [-0.15, -0.1) is 0 Å². The summed E-state index contributed by atoms with van der Waals surface area (Å²) in [7, 11) is 1.77. The quantitative estimate of drug-likeness (QED) is 0.784. The van der Waals surface area contributed by atoms with Crippen molar-refractivity contribution in [2.75, 3.05) is 29.7 Å². The number of nitrogens with zero attached hydrogens (tertiary/aromatic N) is 3. The standard InChI is InChI=1S/C11H21N5OS/c1-7(2)17-11-15-9(12-4)14-10(16-11)13-8(3)6-18-5/h7-8H,6H2,1-5H3,(H2,12,13,14,15,16). The Bertz CT molecular complexity index is 374. The second-order valence-electron chi connectivity index (χ2n) is 4.18. The van der Waals surface area contributed by atoms with Gasteiger partial charge in [-0.1, -0.05) is 0 Å². The maximum atomic E-state index is 5.49. The van der Waals surface area contributed by atoms with Crippen molar-refractivity contribution in [3.63, 3.8) is 0 Å². The Morgan fingerprint density at radius 3 is 2.39 bits per heavy atom. The fourth-order valence-corrected chi connectivity index (χ4v) is 1.89. The predicted octanol–water partition coefficient (Wildman–Crippen LogP) is 1.86. The van der Waals surface area contributed by atoms with E-state index in [1.54, 1.807) is 18.8 Å². The van der Waals surface area contributed by atoms with Crippen LogP contribution in [0, 0.1) is 0 Å². The zero-order valence-corrected chi connectivity index (χ0v) is 12.3. The normalized spacial score (nSPS) is 12.3. The lowest BCUT2D eigenvalue weighted by Crippen LogP contribution is -2.21. The van der Waals surface area contributed by atoms with Gasteiger partial charge in [0.2, 0.25) is 11.9 Å². The first-order chi connectivity index (χ1) is 8.55. The van der Waals surface area contributed by atoms with Gasteiger partial charge in [0.1, 0.15) is 0 Å². The molecule has 0 fully saturated rings. The van der Waals surface area contributed by atoms with Crippen LogP contribution in [0.5, 0.6) is 6.01 Å². The number of thioether (sulfide) groups is 1. The third kappa shape index (κ3) is 4.95. The minimum absolute atomic E-state index is 0.0357. The van der Waals surface area contributed by atoms with Gasteiger partial charge in [0.15, 0.2) is 0 Å². The third-order valence-corrected chi connectivity index (χ3v) is 2.81. The van der Waals surface area contributed by atoms with E-state index in [-0.39, 0.29) is 6.10 Å². The van der Waals surface area contributed by atoms with Gasteiger partial charge in [-0.3, -0.25) is 0 Å². The fraction of sp³-hybridized carbons (Fsp3) is 0.727. The molecule has 0 aliphatic heterocycles. The highest BCUT2D eigenvalue weighted by atomic mass is 32.2. The second kappa shape index (κ2) is 7.25. The van der Waals surface area contributed by atoms with Gasteiger partial charge < -0.3 is 15.4 Å². The van der Waals surface area contributed by atoms with E-state index in [4.69, 9.17) is 4.74 Å². The Kier molecular flexibility index (Phi) is 5.97. The molecule has 0 aliphatic rings. The van der Waals surface area contributed by atoms with E-state index in [0.717, 1.165) is 5.75 Å². The van der Waals surface area contributed by atoms with Crippen LogP contribution < -0.4 is 15.4 Å². The van der Waals surface area contributed by atoms with Crippen molar-refractivity contribution in [3.05, 3.63) is 0 Å². The van der Waals surface area contributed by atoms with E-state index in [1.807, 2.05) is 13.8 Å². The number of rotatable bonds is 7. The van der Waals surface area contributed by atoms with Gasteiger partial charge in [-0.05, 0) is 27.0 Å². The first kappa shape index (κ1) is 14.8. The Balaban J connectivity index is 2.82. The summed E-state index contributed by atoms with van der Waals surface area (Å²) in [4.78, 5) is 12.6. The lowest BCUT2D eigenvalue weighted by atomic mass is 10.4. The molecule has 1 aromatic rings. The summed E-state index contributed by atoms with van der Waals surface area (Å²) in [6.45, 7) is 5.96. The van der Waals surface area contributed by atoms with E-state index in [2.05, 4.69) is 38.8 Å². The van der Waals surface area contributed by atoms with Crippen molar-refractivity contribution in [3.8, 4) is 6.01 Å². The van der Waals surface area contributed by atoms with Gasteiger partial charge >= 0.3 is 6.01 Å². The van der Waals surface area contributed by atoms with Crippen molar-refractivity contribution in [2.45, 2.75) is 32.9 Å². The Labute approximate surface area is 112 Å². The number of anilines is 2. The summed E-state index contributed by atoms with van der Waals surface area (Å²) in [6, 6.07) is 0.627. The molecule has 1 heterocycles. The van der Waals surface area contributed by atoms with Crippen LogP contribution in [0.2, 0.25) is 0 Å². The Morgan fingerprint density at radius 2 is 1.83 bits per heavy atom. The van der Waals surface area contributed by atoms with Crippen LogP contribution in [0.15, 0.2) is 0 Å². The Hall–Kier alpha value is -1.24. The van der Waals surface area contributed by atoms with Crippen LogP contribution in [0.4, 0.5) is 11.9 Å². The largest absolute Gasteiger partial charge is 0.461 e. The molecule has 2 N–H and O–H groups in total. The molecule has 1 aromatic heterocycles. The molecular weight excluding hydrogens is 250 g/mol. The lowest BCUT2D eigenvalue weighted by molar-refractivity contribution is 0.222. The summed E-state index contributed by atoms with van der Waals surface area (Å²) >= 11 is 1.77. The SMILES string of the molecule is CNc1nc(NC(C)CSC)nc(OC(C)C)n1. The highest BCUT2D eigenvalue weighted by molar-refractivity contribution is 7.98. The maximum absolute atomic E-state index is 5.49. The monoisotopic (exact) mass is 271 g/mol. The second-order valence-corrected chi connectivity index (χ2v) is 5.09. The van der Waals surface area contributed by atoms with Gasteiger partial charge in [0, 0.05) is 18.8 Å². The molecule has 18 heavy (non-hydrogen) atoms. The van der Waals surface area contributed by atoms with Crippen molar-refractivity contribution in [2.24, 2.45) is 0 Å². The molecule has 0 spiro atoms. The molecule has 102 valence electrons. The van der Waals surface area contributed by atoms with E-state index in [0.29, 0.717) is 23.9 Å². The highest BCUT2D eigenvalue weighted by Gasteiger charge is 2.10. The molecule has 0 radical (unpaired) electrons. The summed E-state index contributed by atoms with van der Waals surface area (Å²) in [5.74, 6) is 2.02. The third-order valence-electron chi connectivity index (χ3n) is 1.97. The molecule has 0 aliphatic carbocycles. The minimum atomic E-state index is 0.0357. The van der Waals surface area contributed by atoms with Crippen molar-refractivity contribution >= 4 is 23.7 Å². The molecule has 0 amide bonds. The first-order valence-corrected chi connectivity index (χ1v) is 7.30. The minimum Gasteiger partial charge on any atom is -0.461 e. The van der Waals surface area contributed by atoms with Crippen LogP contribution in [0.25, 0.3) is 0 Å². The van der Waals surface area contributed by atoms with Crippen LogP contribution in [0.1, 0.15) is 20.8 Å². The first-order valence-electron chi connectivity index (χ1n) is 5.91. The van der Waals surface area contributed by atoms with Crippen molar-refractivity contribution in [1.29, 1.82) is 0 Å². The van der Waals surface area contributed by atoms with Crippen LogP contribution in [0.3, 0.4) is 0 Å². The molecule has 0 aromatic carbocycles. The number of hydrogen-bond acceptors (Lipinski definition) is 7. The molecule has 0 bridgehead atoms. The van der Waals surface area contributed by atoms with Crippen LogP contribution in [-0.4, -0.2) is 46.2 Å². The van der Waals surface area contributed by atoms with Crippen LogP contribution in [-0.2, 0) is 0 Å². The van der Waals surface area contributed by atoms with E-state index in [1.165, 1.54) is 0 Å². The summed E-state index contributed by atoms with van der Waals surface area (Å²) in [6.07, 6.45) is 2.10. The molecular formula is C11H21N5OS. The van der Waals surface area contributed by atoms with E-state index < -0.39 is 0 Å². The predicted molar refractivity (Wildman–Crippen MR) is 76.6 cm³/mol. The van der Waals surface area contributed by atoms with Gasteiger partial charge in [0.25, 0.3) is 0 Å². The smallest absolute Gasteiger partial charge is 0.323 e. The number of hydrogen-bond donors (Lipinski definition) is 2. The maximum Gasteiger partial charge on any atom is 0.323 e. The van der Waals surface area contributed by atoms with E-state index >= 15 is 0 Å². The number of aromatic nitrogens is 3. The number of nitrogens with one attached hydrogen (secondary N) is 2. The van der Waals surface area contributed by atoms with Crippen LogP contribution >= 0.6 is 11.8 Å². The van der Waals surface area contributed by atoms with E-state index in [9.17, 15) is 0 Å². The average molecular weight is 271 g/mol. The van der Waals surface area contributed by atoms with Gasteiger partial charge in [-0.2, -0.15) is 26.7 Å². The summed E-state index contributed by atoms with van der Waals surface area (Å²) in [5.41, 5.74) is 0. The molecule has 1 unspecified atom stereocenters. The average Bonchev–Trinajstić information content (AvgIpc) is 2.27. The molecule has 0 saturated carbocycles. The molecule has 1 rings (SSSR count). The van der Waals surface area contributed by atoms with Crippen molar-refractivity contribution in [1.82, 2.24) is 15.0 Å². The summed E-state index contributed by atoms with van der Waals surface area (Å²) in [5, 5.41) is 6.13. The fourth-order valence-electron chi connectivity index (χ4n) is 1.31. The number of ether oxygens (including phenoxy) is 1. The topological polar surface area (TPSA) is 72.0 Å².